The van der Waals surface area contributed by atoms with Crippen LogP contribution in [-0.2, 0) is 11.3 Å². The second kappa shape index (κ2) is 9.65. The number of benzene rings is 1. The monoisotopic (exact) mass is 402 g/mol. The van der Waals surface area contributed by atoms with Crippen LogP contribution in [-0.4, -0.2) is 73.3 Å². The highest BCUT2D eigenvalue weighted by molar-refractivity contribution is 5.30. The van der Waals surface area contributed by atoms with E-state index in [0.717, 1.165) is 30.7 Å². The molecule has 1 aromatic heterocycles. The van der Waals surface area contributed by atoms with Crippen molar-refractivity contribution in [2.24, 2.45) is 0 Å². The molecule has 1 atom stereocenters. The predicted molar refractivity (Wildman–Crippen MR) is 108 cm³/mol. The molecule has 2 aliphatic rings. The molecule has 1 saturated carbocycles. The van der Waals surface area contributed by atoms with Gasteiger partial charge in [-0.1, -0.05) is 0 Å². The Hall–Kier alpha value is -2.03. The van der Waals surface area contributed by atoms with Crippen molar-refractivity contribution in [3.63, 3.8) is 0 Å². The second-order valence-corrected chi connectivity index (χ2v) is 8.26. The molecule has 0 unspecified atom stereocenters. The van der Waals surface area contributed by atoms with Crippen LogP contribution in [0, 0.1) is 0 Å². The molecule has 1 aliphatic carbocycles. The molecular weight excluding hydrogens is 368 g/mol. The maximum absolute atomic E-state index is 5.36. The van der Waals surface area contributed by atoms with E-state index in [1.807, 2.05) is 16.8 Å². The van der Waals surface area contributed by atoms with Gasteiger partial charge in [-0.05, 0) is 60.4 Å². The maximum atomic E-state index is 5.36. The zero-order valence-electron chi connectivity index (χ0n) is 17.6. The van der Waals surface area contributed by atoms with E-state index in [2.05, 4.69) is 27.7 Å². The van der Waals surface area contributed by atoms with Crippen LogP contribution in [0.2, 0.25) is 0 Å². The van der Waals surface area contributed by atoms with Gasteiger partial charge < -0.3 is 19.3 Å². The van der Waals surface area contributed by atoms with Crippen LogP contribution in [0.25, 0.3) is 0 Å². The molecule has 1 aliphatic heterocycles. The summed E-state index contributed by atoms with van der Waals surface area (Å²) in [5.41, 5.74) is 1.23. The van der Waals surface area contributed by atoms with Crippen molar-refractivity contribution < 1.29 is 19.3 Å². The number of nitrogens with one attached hydrogen (secondary N) is 2. The van der Waals surface area contributed by atoms with Crippen molar-refractivity contribution >= 4 is 0 Å². The quantitative estimate of drug-likeness (QED) is 0.602. The molecule has 1 saturated heterocycles. The molecule has 0 radical (unpaired) electrons. The van der Waals surface area contributed by atoms with Crippen molar-refractivity contribution in [2.75, 3.05) is 47.0 Å². The normalized spacial score (nSPS) is 23.9. The number of hydrogen-bond donors (Lipinski definition) is 2. The van der Waals surface area contributed by atoms with Gasteiger partial charge in [0.25, 0.3) is 0 Å². The van der Waals surface area contributed by atoms with Crippen LogP contribution in [0.5, 0.6) is 5.75 Å². The summed E-state index contributed by atoms with van der Waals surface area (Å²) in [6, 6.07) is 9.38. The Balaban J connectivity index is 1.56. The summed E-state index contributed by atoms with van der Waals surface area (Å²) in [5, 5.41) is 12.7. The van der Waals surface area contributed by atoms with Crippen LogP contribution >= 0.6 is 0 Å². The molecule has 1 aromatic carbocycles. The number of nitrogens with zero attached hydrogens (tertiary/aromatic N) is 4. The van der Waals surface area contributed by atoms with Gasteiger partial charge >= 0.3 is 0 Å². The minimum Gasteiger partial charge on any atom is -0.497 e. The molecule has 2 N–H and O–H groups in total. The van der Waals surface area contributed by atoms with E-state index in [9.17, 15) is 0 Å². The van der Waals surface area contributed by atoms with Crippen molar-refractivity contribution in [3.05, 3.63) is 35.7 Å². The summed E-state index contributed by atoms with van der Waals surface area (Å²) < 4.78 is 12.5. The molecule has 0 spiro atoms. The van der Waals surface area contributed by atoms with Gasteiger partial charge in [0, 0.05) is 12.7 Å². The van der Waals surface area contributed by atoms with E-state index >= 15 is 0 Å². The third kappa shape index (κ3) is 4.60. The van der Waals surface area contributed by atoms with Crippen LogP contribution in [0.1, 0.15) is 43.1 Å². The van der Waals surface area contributed by atoms with Crippen LogP contribution in [0.4, 0.5) is 0 Å². The average Bonchev–Trinajstić information content (AvgIpc) is 3.46. The minimum atomic E-state index is 0.123. The topological polar surface area (TPSA) is 70.9 Å². The van der Waals surface area contributed by atoms with E-state index < -0.39 is 0 Å². The largest absolute Gasteiger partial charge is 0.497 e. The van der Waals surface area contributed by atoms with Gasteiger partial charge in [0.05, 0.1) is 26.3 Å². The summed E-state index contributed by atoms with van der Waals surface area (Å²) >= 11 is 0. The highest BCUT2D eigenvalue weighted by Crippen LogP contribution is 2.21. The fraction of sp³-hybridized carbons (Fsp3) is 0.667. The summed E-state index contributed by atoms with van der Waals surface area (Å²) in [5.74, 6) is 1.79. The Bertz CT molecular complexity index is 751. The molecule has 8 nitrogen and oxygen atoms in total. The van der Waals surface area contributed by atoms with Gasteiger partial charge in [-0.15, -0.1) is 5.10 Å². The first kappa shape index (κ1) is 20.3. The molecule has 4 rings (SSSR count). The van der Waals surface area contributed by atoms with Crippen molar-refractivity contribution in [1.82, 2.24) is 20.2 Å². The fourth-order valence-corrected chi connectivity index (χ4v) is 5.04. The lowest BCUT2D eigenvalue weighted by atomic mass is 10.0. The lowest BCUT2D eigenvalue weighted by molar-refractivity contribution is -1.03. The molecule has 2 aromatic rings. The first-order valence-corrected chi connectivity index (χ1v) is 10.9. The van der Waals surface area contributed by atoms with Gasteiger partial charge in [0.1, 0.15) is 31.9 Å². The SMILES string of the molecule is COCCn1nnnc1[C@H](c1ccc(OC)cc1)[NH+]1CC[NH+](C2CCCC2)CC1. The molecule has 158 valence electrons. The standard InChI is InChI=1S/C21H32N6O2/c1-28-16-15-27-21(22-23-24-27)20(17-7-9-19(29-2)10-8-17)26-13-11-25(12-14-26)18-5-3-4-6-18/h7-10,18,20H,3-6,11-16H2,1-2H3/p+2/t20-/m0/s1. The Kier molecular flexibility index (Phi) is 6.74. The maximum Gasteiger partial charge on any atom is 0.214 e. The molecule has 2 fully saturated rings. The Morgan fingerprint density at radius 2 is 1.79 bits per heavy atom. The van der Waals surface area contributed by atoms with E-state index in [1.54, 1.807) is 24.0 Å². The number of ether oxygens (including phenoxy) is 2. The van der Waals surface area contributed by atoms with Crippen LogP contribution in [0.3, 0.4) is 0 Å². The third-order valence-electron chi connectivity index (χ3n) is 6.65. The number of piperazine rings is 1. The summed E-state index contributed by atoms with van der Waals surface area (Å²) in [6.45, 7) is 6.00. The molecule has 0 bridgehead atoms. The number of hydrogen-bond acceptors (Lipinski definition) is 5. The number of rotatable bonds is 8. The van der Waals surface area contributed by atoms with E-state index in [4.69, 9.17) is 9.47 Å². The van der Waals surface area contributed by atoms with Crippen molar-refractivity contribution in [2.45, 2.75) is 44.3 Å². The first-order valence-electron chi connectivity index (χ1n) is 10.9. The molecule has 8 heteroatoms. The van der Waals surface area contributed by atoms with Gasteiger partial charge in [-0.2, -0.15) is 0 Å². The predicted octanol–water partition coefficient (Wildman–Crippen LogP) is -0.856. The number of quaternary nitrogens is 2. The summed E-state index contributed by atoms with van der Waals surface area (Å²) in [4.78, 5) is 3.35. The molecule has 0 amide bonds. The minimum absolute atomic E-state index is 0.123. The number of tetrazole rings is 1. The first-order chi connectivity index (χ1) is 14.3. The van der Waals surface area contributed by atoms with Gasteiger partial charge in [-0.3, -0.25) is 0 Å². The molecular formula is C21H34N6O2+2. The van der Waals surface area contributed by atoms with E-state index in [0.29, 0.717) is 13.2 Å². The zero-order chi connectivity index (χ0) is 20.1. The van der Waals surface area contributed by atoms with E-state index in [1.165, 1.54) is 44.3 Å². The van der Waals surface area contributed by atoms with Gasteiger partial charge in [-0.25, -0.2) is 4.68 Å². The van der Waals surface area contributed by atoms with E-state index in [-0.39, 0.29) is 6.04 Å². The summed E-state index contributed by atoms with van der Waals surface area (Å²) in [7, 11) is 3.41. The van der Waals surface area contributed by atoms with Crippen molar-refractivity contribution in [1.29, 1.82) is 0 Å². The fourth-order valence-electron chi connectivity index (χ4n) is 5.04. The van der Waals surface area contributed by atoms with Crippen LogP contribution < -0.4 is 14.5 Å². The zero-order valence-corrected chi connectivity index (χ0v) is 17.6. The van der Waals surface area contributed by atoms with Gasteiger partial charge in [0.2, 0.25) is 5.82 Å². The average molecular weight is 403 g/mol. The van der Waals surface area contributed by atoms with Crippen molar-refractivity contribution in [3.8, 4) is 5.75 Å². The Morgan fingerprint density at radius 1 is 1.07 bits per heavy atom. The Morgan fingerprint density at radius 3 is 2.45 bits per heavy atom. The highest BCUT2D eigenvalue weighted by atomic mass is 16.5. The number of aromatic nitrogens is 4. The number of methoxy groups -OCH3 is 2. The second-order valence-electron chi connectivity index (χ2n) is 8.26. The Labute approximate surface area is 172 Å². The molecule has 29 heavy (non-hydrogen) atoms. The summed E-state index contributed by atoms with van der Waals surface area (Å²) in [6.07, 6.45) is 5.63. The lowest BCUT2D eigenvalue weighted by Gasteiger charge is -2.36. The smallest absolute Gasteiger partial charge is 0.214 e. The van der Waals surface area contributed by atoms with Crippen LogP contribution in [0.15, 0.2) is 24.3 Å². The molecule has 2 heterocycles. The highest BCUT2D eigenvalue weighted by Gasteiger charge is 2.38. The third-order valence-corrected chi connectivity index (χ3v) is 6.65. The lowest BCUT2D eigenvalue weighted by Crippen LogP contribution is -3.29. The van der Waals surface area contributed by atoms with Gasteiger partial charge in [0.15, 0.2) is 6.04 Å².